The number of halogens is 2. The maximum atomic E-state index is 6.01. The molecule has 0 aliphatic carbocycles. The molecular formula is C15H17Cl2N5. The van der Waals surface area contributed by atoms with Crippen LogP contribution in [-0.4, -0.2) is 28.3 Å². The number of benzene rings is 1. The van der Waals surface area contributed by atoms with Crippen molar-refractivity contribution in [1.82, 2.24) is 15.2 Å². The van der Waals surface area contributed by atoms with Gasteiger partial charge in [-0.15, -0.1) is 5.10 Å². The van der Waals surface area contributed by atoms with Crippen molar-refractivity contribution in [2.75, 3.05) is 23.3 Å². The average molecular weight is 338 g/mol. The molecule has 1 aromatic carbocycles. The first-order valence-corrected chi connectivity index (χ1v) is 8.15. The van der Waals surface area contributed by atoms with E-state index in [0.29, 0.717) is 16.0 Å². The van der Waals surface area contributed by atoms with Gasteiger partial charge in [-0.1, -0.05) is 36.0 Å². The maximum absolute atomic E-state index is 6.01. The van der Waals surface area contributed by atoms with Crippen LogP contribution in [0.15, 0.2) is 24.4 Å². The van der Waals surface area contributed by atoms with E-state index in [4.69, 9.17) is 23.2 Å². The third-order valence-electron chi connectivity index (χ3n) is 3.65. The van der Waals surface area contributed by atoms with Gasteiger partial charge in [-0.2, -0.15) is 10.1 Å². The number of rotatable bonds is 3. The summed E-state index contributed by atoms with van der Waals surface area (Å²) >= 11 is 11.9. The maximum Gasteiger partial charge on any atom is 0.249 e. The number of hydrogen-bond acceptors (Lipinski definition) is 5. The molecule has 0 bridgehead atoms. The van der Waals surface area contributed by atoms with E-state index in [0.717, 1.165) is 24.6 Å². The van der Waals surface area contributed by atoms with Crippen molar-refractivity contribution in [2.45, 2.75) is 25.7 Å². The van der Waals surface area contributed by atoms with E-state index in [1.165, 1.54) is 25.7 Å². The molecule has 1 aromatic heterocycles. The molecule has 5 nitrogen and oxygen atoms in total. The normalized spacial score (nSPS) is 15.5. The van der Waals surface area contributed by atoms with Crippen molar-refractivity contribution in [3.05, 3.63) is 34.4 Å². The van der Waals surface area contributed by atoms with Gasteiger partial charge in [0, 0.05) is 18.8 Å². The standard InChI is InChI=1S/C15H17Cl2N5/c16-12-6-5-11(9-13(12)17)19-15-20-14(10-18-21-15)22-7-3-1-2-4-8-22/h5-6,9-10H,1-4,7-8H2,(H,19,20,21). The highest BCUT2D eigenvalue weighted by atomic mass is 35.5. The lowest BCUT2D eigenvalue weighted by molar-refractivity contribution is 0.726. The zero-order valence-corrected chi connectivity index (χ0v) is 13.6. The topological polar surface area (TPSA) is 53.9 Å². The van der Waals surface area contributed by atoms with Gasteiger partial charge in [0.25, 0.3) is 0 Å². The second kappa shape index (κ2) is 7.11. The van der Waals surface area contributed by atoms with Crippen LogP contribution >= 0.6 is 23.2 Å². The number of aromatic nitrogens is 3. The molecule has 3 rings (SSSR count). The van der Waals surface area contributed by atoms with Gasteiger partial charge < -0.3 is 10.2 Å². The number of hydrogen-bond donors (Lipinski definition) is 1. The van der Waals surface area contributed by atoms with E-state index < -0.39 is 0 Å². The monoisotopic (exact) mass is 337 g/mol. The molecular weight excluding hydrogens is 321 g/mol. The fourth-order valence-corrected chi connectivity index (χ4v) is 2.80. The molecule has 0 radical (unpaired) electrons. The minimum atomic E-state index is 0.458. The Bertz CT molecular complexity index is 642. The summed E-state index contributed by atoms with van der Waals surface area (Å²) in [7, 11) is 0. The van der Waals surface area contributed by atoms with Gasteiger partial charge in [-0.05, 0) is 31.0 Å². The summed E-state index contributed by atoms with van der Waals surface area (Å²) < 4.78 is 0. The Balaban J connectivity index is 1.76. The minimum Gasteiger partial charge on any atom is -0.355 e. The van der Waals surface area contributed by atoms with Crippen molar-refractivity contribution in [2.24, 2.45) is 0 Å². The van der Waals surface area contributed by atoms with E-state index in [-0.39, 0.29) is 0 Å². The highest BCUT2D eigenvalue weighted by Gasteiger charge is 2.12. The fourth-order valence-electron chi connectivity index (χ4n) is 2.50. The Morgan fingerprint density at radius 1 is 1.00 bits per heavy atom. The van der Waals surface area contributed by atoms with Crippen LogP contribution in [0.25, 0.3) is 0 Å². The summed E-state index contributed by atoms with van der Waals surface area (Å²) in [6.45, 7) is 2.04. The second-order valence-corrected chi connectivity index (χ2v) is 6.11. The molecule has 0 spiro atoms. The lowest BCUT2D eigenvalue weighted by Crippen LogP contribution is -2.25. The number of nitrogens with one attached hydrogen (secondary N) is 1. The fraction of sp³-hybridized carbons (Fsp3) is 0.400. The van der Waals surface area contributed by atoms with E-state index >= 15 is 0 Å². The molecule has 7 heteroatoms. The van der Waals surface area contributed by atoms with Crippen molar-refractivity contribution >= 4 is 40.7 Å². The molecule has 0 saturated carbocycles. The van der Waals surface area contributed by atoms with E-state index in [1.54, 1.807) is 18.3 Å². The Labute approximate surface area is 139 Å². The molecule has 1 aliphatic heterocycles. The van der Waals surface area contributed by atoms with Crippen LogP contribution < -0.4 is 10.2 Å². The molecule has 0 amide bonds. The zero-order chi connectivity index (χ0) is 15.4. The first-order valence-electron chi connectivity index (χ1n) is 7.39. The summed E-state index contributed by atoms with van der Waals surface area (Å²) in [5, 5.41) is 12.2. The van der Waals surface area contributed by atoms with Crippen LogP contribution in [0.1, 0.15) is 25.7 Å². The van der Waals surface area contributed by atoms with Crippen molar-refractivity contribution in [3.8, 4) is 0 Å². The summed E-state index contributed by atoms with van der Waals surface area (Å²) in [6.07, 6.45) is 6.66. The third kappa shape index (κ3) is 3.78. The third-order valence-corrected chi connectivity index (χ3v) is 4.39. The Hall–Kier alpha value is -1.59. The summed E-state index contributed by atoms with van der Waals surface area (Å²) in [5.41, 5.74) is 0.782. The van der Waals surface area contributed by atoms with Crippen LogP contribution in [-0.2, 0) is 0 Å². The van der Waals surface area contributed by atoms with Crippen LogP contribution in [0.5, 0.6) is 0 Å². The predicted octanol–water partition coefficient (Wildman–Crippen LogP) is 4.30. The molecule has 1 fully saturated rings. The van der Waals surface area contributed by atoms with Gasteiger partial charge in [0.1, 0.15) is 0 Å². The highest BCUT2D eigenvalue weighted by molar-refractivity contribution is 6.42. The molecule has 116 valence electrons. The molecule has 2 aromatic rings. The van der Waals surface area contributed by atoms with Gasteiger partial charge >= 0.3 is 0 Å². The zero-order valence-electron chi connectivity index (χ0n) is 12.1. The van der Waals surface area contributed by atoms with Crippen molar-refractivity contribution < 1.29 is 0 Å². The van der Waals surface area contributed by atoms with Crippen molar-refractivity contribution in [1.29, 1.82) is 0 Å². The van der Waals surface area contributed by atoms with E-state index in [1.807, 2.05) is 6.07 Å². The first kappa shape index (κ1) is 15.3. The first-order chi connectivity index (χ1) is 10.7. The Kier molecular flexibility index (Phi) is 4.95. The van der Waals surface area contributed by atoms with Crippen LogP contribution in [0.4, 0.5) is 17.5 Å². The average Bonchev–Trinajstić information content (AvgIpc) is 2.80. The summed E-state index contributed by atoms with van der Waals surface area (Å²) in [6, 6.07) is 5.31. The summed E-state index contributed by atoms with van der Waals surface area (Å²) in [4.78, 5) is 6.82. The Morgan fingerprint density at radius 3 is 2.50 bits per heavy atom. The van der Waals surface area contributed by atoms with Crippen LogP contribution in [0, 0.1) is 0 Å². The predicted molar refractivity (Wildman–Crippen MR) is 90.3 cm³/mol. The van der Waals surface area contributed by atoms with Gasteiger partial charge in [0.2, 0.25) is 5.95 Å². The molecule has 0 atom stereocenters. The molecule has 1 saturated heterocycles. The largest absolute Gasteiger partial charge is 0.355 e. The highest BCUT2D eigenvalue weighted by Crippen LogP contribution is 2.26. The van der Waals surface area contributed by atoms with Gasteiger partial charge in [0.15, 0.2) is 5.82 Å². The number of anilines is 3. The molecule has 22 heavy (non-hydrogen) atoms. The smallest absolute Gasteiger partial charge is 0.249 e. The van der Waals surface area contributed by atoms with Crippen molar-refractivity contribution in [3.63, 3.8) is 0 Å². The summed E-state index contributed by atoms with van der Waals surface area (Å²) in [5.74, 6) is 1.32. The molecule has 0 unspecified atom stereocenters. The molecule has 1 aliphatic rings. The SMILES string of the molecule is Clc1ccc(Nc2nncc(N3CCCCCC3)n2)cc1Cl. The Morgan fingerprint density at radius 2 is 1.77 bits per heavy atom. The lowest BCUT2D eigenvalue weighted by Gasteiger charge is -2.20. The van der Waals surface area contributed by atoms with E-state index in [9.17, 15) is 0 Å². The second-order valence-electron chi connectivity index (χ2n) is 5.29. The minimum absolute atomic E-state index is 0.458. The van der Waals surface area contributed by atoms with E-state index in [2.05, 4.69) is 25.4 Å². The quantitative estimate of drug-likeness (QED) is 0.904. The molecule has 2 heterocycles. The van der Waals surface area contributed by atoms with Gasteiger partial charge in [0.05, 0.1) is 16.2 Å². The van der Waals surface area contributed by atoms with Gasteiger partial charge in [-0.3, -0.25) is 0 Å². The van der Waals surface area contributed by atoms with Gasteiger partial charge in [-0.25, -0.2) is 0 Å². The lowest BCUT2D eigenvalue weighted by atomic mass is 10.2. The van der Waals surface area contributed by atoms with Crippen LogP contribution in [0.2, 0.25) is 10.0 Å². The number of nitrogens with zero attached hydrogens (tertiary/aromatic N) is 4. The molecule has 1 N–H and O–H groups in total. The van der Waals surface area contributed by atoms with Crippen LogP contribution in [0.3, 0.4) is 0 Å².